The van der Waals surface area contributed by atoms with E-state index in [-0.39, 0.29) is 10.8 Å². The summed E-state index contributed by atoms with van der Waals surface area (Å²) in [5.41, 5.74) is 6.82. The average molecular weight is 489 g/mol. The second-order valence-electron chi connectivity index (χ2n) is 13.4. The zero-order chi connectivity index (χ0) is 26.3. The van der Waals surface area contributed by atoms with Gasteiger partial charge in [-0.1, -0.05) is 84.0 Å². The summed E-state index contributed by atoms with van der Waals surface area (Å²) in [4.78, 5) is 0. The lowest BCUT2D eigenvalue weighted by atomic mass is 9.81. The molecular formula is C35H38NO+. The molecule has 1 aliphatic heterocycles. The Bertz CT molecular complexity index is 1730. The molecule has 2 heterocycles. The third-order valence-corrected chi connectivity index (χ3v) is 7.72. The average Bonchev–Trinajstić information content (AvgIpc) is 2.82. The molecule has 0 amide bonds. The first kappa shape index (κ1) is 24.0. The molecule has 1 aliphatic rings. The normalized spacial score (nSPS) is 13.3. The maximum atomic E-state index is 7.16. The predicted octanol–water partition coefficient (Wildman–Crippen LogP) is 9.23. The standard InChI is InChI=1S/C35H38NO/c1-21-24-13-9-10-14-25(24)28(20-35(5,6)7)33-29(21)31-30-22(16-17-36(31)8)18-27-23(19-34(2,3)4)12-11-15-26(27)32(30)37-33/h9-18H,19-20H2,1-8H3/q+1. The molecule has 0 aliphatic carbocycles. The highest BCUT2D eigenvalue weighted by molar-refractivity contribution is 6.14. The van der Waals surface area contributed by atoms with Crippen LogP contribution in [0.3, 0.4) is 0 Å². The van der Waals surface area contributed by atoms with Gasteiger partial charge in [0.2, 0.25) is 5.69 Å². The summed E-state index contributed by atoms with van der Waals surface area (Å²) in [5.74, 6) is 2.04. The summed E-state index contributed by atoms with van der Waals surface area (Å²) in [7, 11) is 2.17. The maximum absolute atomic E-state index is 7.16. The molecule has 2 nitrogen and oxygen atoms in total. The molecule has 0 radical (unpaired) electrons. The fraction of sp³-hybridized carbons (Fsp3) is 0.343. The minimum Gasteiger partial charge on any atom is -0.455 e. The summed E-state index contributed by atoms with van der Waals surface area (Å²) >= 11 is 0. The second-order valence-corrected chi connectivity index (χ2v) is 13.4. The fourth-order valence-corrected chi connectivity index (χ4v) is 6.28. The van der Waals surface area contributed by atoms with E-state index in [1.807, 2.05) is 0 Å². The SMILES string of the molecule is Cc1c2c(c(CC(C)(C)C)c3ccccc13)Oc1c3cccc(CC(C)(C)C)c3cc3cc[n+](C)c-2c13. The molecule has 0 saturated carbocycles. The Morgan fingerprint density at radius 1 is 0.730 bits per heavy atom. The Morgan fingerprint density at radius 3 is 2.11 bits per heavy atom. The van der Waals surface area contributed by atoms with Crippen molar-refractivity contribution in [2.45, 2.75) is 61.3 Å². The Morgan fingerprint density at radius 2 is 1.41 bits per heavy atom. The molecule has 6 rings (SSSR count). The molecule has 188 valence electrons. The number of aryl methyl sites for hydroxylation is 2. The number of pyridine rings is 1. The minimum atomic E-state index is 0.127. The van der Waals surface area contributed by atoms with Gasteiger partial charge >= 0.3 is 0 Å². The van der Waals surface area contributed by atoms with Crippen molar-refractivity contribution in [2.75, 3.05) is 0 Å². The van der Waals surface area contributed by atoms with Crippen molar-refractivity contribution < 1.29 is 9.30 Å². The number of hydrogen-bond donors (Lipinski definition) is 0. The Hall–Kier alpha value is -3.39. The summed E-state index contributed by atoms with van der Waals surface area (Å²) in [6.45, 7) is 16.2. The van der Waals surface area contributed by atoms with Crippen LogP contribution < -0.4 is 9.30 Å². The molecular weight excluding hydrogens is 450 g/mol. The highest BCUT2D eigenvalue weighted by Gasteiger charge is 2.35. The molecule has 0 fully saturated rings. The highest BCUT2D eigenvalue weighted by atomic mass is 16.5. The third-order valence-electron chi connectivity index (χ3n) is 7.72. The number of benzene rings is 4. The van der Waals surface area contributed by atoms with Gasteiger partial charge in [0, 0.05) is 17.0 Å². The first-order valence-electron chi connectivity index (χ1n) is 13.5. The third kappa shape index (κ3) is 3.89. The molecule has 2 heteroatoms. The van der Waals surface area contributed by atoms with E-state index in [0.717, 1.165) is 24.3 Å². The topological polar surface area (TPSA) is 13.1 Å². The molecule has 0 unspecified atom stereocenters. The van der Waals surface area contributed by atoms with Gasteiger partial charge in [0.05, 0.1) is 10.9 Å². The lowest BCUT2D eigenvalue weighted by molar-refractivity contribution is -0.659. The van der Waals surface area contributed by atoms with Gasteiger partial charge in [0.15, 0.2) is 6.20 Å². The first-order chi connectivity index (χ1) is 17.4. The maximum Gasteiger partial charge on any atom is 0.228 e. The molecule has 4 aromatic carbocycles. The van der Waals surface area contributed by atoms with Crippen molar-refractivity contribution in [1.29, 1.82) is 0 Å². The van der Waals surface area contributed by atoms with E-state index >= 15 is 0 Å². The summed E-state index contributed by atoms with van der Waals surface area (Å²) in [5, 5.41) is 7.60. The van der Waals surface area contributed by atoms with Gasteiger partial charge in [-0.05, 0) is 69.3 Å². The van der Waals surface area contributed by atoms with Crippen molar-refractivity contribution in [1.82, 2.24) is 0 Å². The number of ether oxygens (including phenoxy) is 1. The molecule has 0 spiro atoms. The largest absolute Gasteiger partial charge is 0.455 e. The van der Waals surface area contributed by atoms with E-state index in [1.165, 1.54) is 60.3 Å². The zero-order valence-corrected chi connectivity index (χ0v) is 23.5. The van der Waals surface area contributed by atoms with Crippen LogP contribution in [0.1, 0.15) is 58.2 Å². The predicted molar refractivity (Wildman–Crippen MR) is 157 cm³/mol. The summed E-state index contributed by atoms with van der Waals surface area (Å²) < 4.78 is 9.45. The molecule has 0 N–H and O–H groups in total. The quantitative estimate of drug-likeness (QED) is 0.175. The number of fused-ring (bicyclic) bond motifs is 5. The highest BCUT2D eigenvalue weighted by Crippen LogP contribution is 2.53. The van der Waals surface area contributed by atoms with E-state index in [1.54, 1.807) is 0 Å². The van der Waals surface area contributed by atoms with E-state index in [2.05, 4.69) is 121 Å². The molecule has 1 aromatic heterocycles. The van der Waals surface area contributed by atoms with Gasteiger partial charge in [0.25, 0.3) is 0 Å². The van der Waals surface area contributed by atoms with Crippen molar-refractivity contribution >= 4 is 32.3 Å². The molecule has 5 aromatic rings. The van der Waals surface area contributed by atoms with E-state index < -0.39 is 0 Å². The van der Waals surface area contributed by atoms with E-state index in [0.29, 0.717) is 0 Å². The van der Waals surface area contributed by atoms with Gasteiger partial charge in [-0.3, -0.25) is 0 Å². The van der Waals surface area contributed by atoms with Crippen molar-refractivity contribution in [3.63, 3.8) is 0 Å². The van der Waals surface area contributed by atoms with Crippen LogP contribution in [0.4, 0.5) is 0 Å². The van der Waals surface area contributed by atoms with Gasteiger partial charge in [-0.25, -0.2) is 4.57 Å². The molecule has 37 heavy (non-hydrogen) atoms. The monoisotopic (exact) mass is 488 g/mol. The number of aromatic nitrogens is 1. The van der Waals surface area contributed by atoms with E-state index in [4.69, 9.17) is 4.74 Å². The summed E-state index contributed by atoms with van der Waals surface area (Å²) in [6.07, 6.45) is 4.19. The molecule has 0 atom stereocenters. The van der Waals surface area contributed by atoms with Crippen LogP contribution in [-0.2, 0) is 19.9 Å². The Balaban J connectivity index is 1.77. The number of nitrogens with zero attached hydrogens (tertiary/aromatic N) is 1. The lowest BCUT2D eigenvalue weighted by Gasteiger charge is -2.29. The van der Waals surface area contributed by atoms with Gasteiger partial charge < -0.3 is 4.74 Å². The first-order valence-corrected chi connectivity index (χ1v) is 13.5. The number of rotatable bonds is 2. The van der Waals surface area contributed by atoms with Crippen LogP contribution in [0, 0.1) is 17.8 Å². The van der Waals surface area contributed by atoms with Crippen LogP contribution in [0.2, 0.25) is 0 Å². The van der Waals surface area contributed by atoms with Gasteiger partial charge in [-0.2, -0.15) is 0 Å². The molecule has 0 saturated heterocycles. The van der Waals surface area contributed by atoms with Crippen LogP contribution in [0.5, 0.6) is 11.5 Å². The van der Waals surface area contributed by atoms with Gasteiger partial charge in [-0.15, -0.1) is 0 Å². The zero-order valence-electron chi connectivity index (χ0n) is 23.5. The summed E-state index contributed by atoms with van der Waals surface area (Å²) in [6, 6.07) is 20.2. The van der Waals surface area contributed by atoms with E-state index in [9.17, 15) is 0 Å². The van der Waals surface area contributed by atoms with Crippen molar-refractivity contribution in [3.05, 3.63) is 77.5 Å². The van der Waals surface area contributed by atoms with Crippen molar-refractivity contribution in [2.24, 2.45) is 17.9 Å². The number of hydrogen-bond acceptors (Lipinski definition) is 1. The van der Waals surface area contributed by atoms with Crippen LogP contribution in [0.15, 0.2) is 60.8 Å². The molecule has 0 bridgehead atoms. The van der Waals surface area contributed by atoms with Crippen LogP contribution in [-0.4, -0.2) is 0 Å². The Kier molecular flexibility index (Phi) is 5.22. The van der Waals surface area contributed by atoms with Crippen LogP contribution in [0.25, 0.3) is 43.6 Å². The minimum absolute atomic E-state index is 0.127. The van der Waals surface area contributed by atoms with Gasteiger partial charge in [0.1, 0.15) is 18.5 Å². The lowest BCUT2D eigenvalue weighted by Crippen LogP contribution is -2.32. The smallest absolute Gasteiger partial charge is 0.228 e. The van der Waals surface area contributed by atoms with Crippen molar-refractivity contribution in [3.8, 4) is 22.8 Å². The Labute approximate surface area is 220 Å². The second kappa shape index (κ2) is 8.05. The van der Waals surface area contributed by atoms with Crippen LogP contribution >= 0.6 is 0 Å². The fourth-order valence-electron chi connectivity index (χ4n) is 6.28.